The molecular formula is C21H32O2Si. The standard InChI is InChI=1S/C21H32O2Si/c1-17(23-18(2)22)15-16-21(19-11-7-5-8-12-19)24(3,4)20-13-9-6-10-14-20/h6,9-10,13-17,19,21H,5,7-8,11-12H2,1-4H3/b16-15+. The van der Waals surface area contributed by atoms with Gasteiger partial charge in [0.1, 0.15) is 6.10 Å². The predicted molar refractivity (Wildman–Crippen MR) is 104 cm³/mol. The van der Waals surface area contributed by atoms with Crippen molar-refractivity contribution in [3.63, 3.8) is 0 Å². The third kappa shape index (κ3) is 5.07. The van der Waals surface area contributed by atoms with E-state index in [1.807, 2.05) is 6.92 Å². The molecule has 132 valence electrons. The van der Waals surface area contributed by atoms with E-state index in [-0.39, 0.29) is 12.1 Å². The highest BCUT2D eigenvalue weighted by atomic mass is 28.3. The van der Waals surface area contributed by atoms with Crippen LogP contribution in [0.2, 0.25) is 18.6 Å². The van der Waals surface area contributed by atoms with Crippen molar-refractivity contribution in [2.45, 2.75) is 70.7 Å². The second kappa shape index (κ2) is 8.66. The molecule has 0 saturated heterocycles. The predicted octanol–water partition coefficient (Wildman–Crippen LogP) is 5.06. The third-order valence-electron chi connectivity index (χ3n) is 5.45. The first-order valence-electron chi connectivity index (χ1n) is 9.32. The van der Waals surface area contributed by atoms with Gasteiger partial charge in [-0.3, -0.25) is 4.79 Å². The van der Waals surface area contributed by atoms with Gasteiger partial charge < -0.3 is 4.74 Å². The molecule has 24 heavy (non-hydrogen) atoms. The van der Waals surface area contributed by atoms with E-state index < -0.39 is 8.07 Å². The van der Waals surface area contributed by atoms with Crippen LogP contribution in [0.4, 0.5) is 0 Å². The fourth-order valence-corrected chi connectivity index (χ4v) is 7.66. The van der Waals surface area contributed by atoms with Gasteiger partial charge in [0.15, 0.2) is 0 Å². The van der Waals surface area contributed by atoms with Crippen LogP contribution in [0.5, 0.6) is 0 Å². The number of esters is 1. The SMILES string of the molecule is CC(=O)OC(C)/C=C/C(C1CCCCC1)[Si](C)(C)c1ccccc1. The maximum Gasteiger partial charge on any atom is 0.303 e. The summed E-state index contributed by atoms with van der Waals surface area (Å²) in [5.41, 5.74) is 0.596. The summed E-state index contributed by atoms with van der Waals surface area (Å²) in [4.78, 5) is 11.2. The Morgan fingerprint density at radius 1 is 1.12 bits per heavy atom. The topological polar surface area (TPSA) is 26.3 Å². The van der Waals surface area contributed by atoms with Crippen molar-refractivity contribution in [3.05, 3.63) is 42.5 Å². The number of rotatable bonds is 6. The molecule has 0 radical (unpaired) electrons. The van der Waals surface area contributed by atoms with E-state index in [0.717, 1.165) is 5.92 Å². The molecule has 1 aliphatic rings. The number of allylic oxidation sites excluding steroid dienone is 1. The van der Waals surface area contributed by atoms with Crippen molar-refractivity contribution >= 4 is 19.2 Å². The molecule has 0 spiro atoms. The summed E-state index contributed by atoms with van der Waals surface area (Å²) in [5, 5.41) is 1.52. The minimum Gasteiger partial charge on any atom is -0.459 e. The molecule has 2 atom stereocenters. The fraction of sp³-hybridized carbons (Fsp3) is 0.571. The zero-order valence-corrected chi connectivity index (χ0v) is 16.6. The molecule has 3 heteroatoms. The summed E-state index contributed by atoms with van der Waals surface area (Å²) < 4.78 is 5.30. The normalized spacial score (nSPS) is 19.2. The van der Waals surface area contributed by atoms with Crippen LogP contribution in [0.1, 0.15) is 46.0 Å². The number of ether oxygens (including phenoxy) is 1. The largest absolute Gasteiger partial charge is 0.459 e. The highest BCUT2D eigenvalue weighted by Gasteiger charge is 2.37. The summed E-state index contributed by atoms with van der Waals surface area (Å²) in [6.45, 7) is 8.41. The Labute approximate surface area is 148 Å². The number of carbonyl (C=O) groups is 1. The molecule has 0 N–H and O–H groups in total. The Bertz CT molecular complexity index is 544. The van der Waals surface area contributed by atoms with Crippen LogP contribution < -0.4 is 5.19 Å². The van der Waals surface area contributed by atoms with E-state index in [4.69, 9.17) is 4.74 Å². The molecule has 0 amide bonds. The lowest BCUT2D eigenvalue weighted by Gasteiger charge is -2.39. The van der Waals surface area contributed by atoms with Crippen molar-refractivity contribution in [2.75, 3.05) is 0 Å². The van der Waals surface area contributed by atoms with Gasteiger partial charge in [-0.05, 0) is 24.5 Å². The van der Waals surface area contributed by atoms with Gasteiger partial charge in [-0.2, -0.15) is 0 Å². The zero-order chi connectivity index (χ0) is 17.6. The first kappa shape index (κ1) is 19.0. The van der Waals surface area contributed by atoms with Crippen LogP contribution in [0.3, 0.4) is 0 Å². The Kier molecular flexibility index (Phi) is 6.85. The van der Waals surface area contributed by atoms with E-state index in [1.54, 1.807) is 0 Å². The molecule has 1 aromatic carbocycles. The molecule has 2 unspecified atom stereocenters. The van der Waals surface area contributed by atoms with E-state index in [2.05, 4.69) is 55.6 Å². The fourth-order valence-electron chi connectivity index (χ4n) is 4.12. The lowest BCUT2D eigenvalue weighted by Crippen LogP contribution is -2.48. The second-order valence-corrected chi connectivity index (χ2v) is 12.4. The maximum absolute atomic E-state index is 11.2. The molecule has 2 rings (SSSR count). The number of benzene rings is 1. The van der Waals surface area contributed by atoms with Crippen molar-refractivity contribution in [2.24, 2.45) is 5.92 Å². The second-order valence-electron chi connectivity index (χ2n) is 7.71. The lowest BCUT2D eigenvalue weighted by molar-refractivity contribution is -0.143. The van der Waals surface area contributed by atoms with Crippen LogP contribution >= 0.6 is 0 Å². The zero-order valence-electron chi connectivity index (χ0n) is 15.6. The Balaban J connectivity index is 2.25. The van der Waals surface area contributed by atoms with Crippen LogP contribution in [0.15, 0.2) is 42.5 Å². The summed E-state index contributed by atoms with van der Waals surface area (Å²) in [7, 11) is -1.63. The van der Waals surface area contributed by atoms with Crippen molar-refractivity contribution in [3.8, 4) is 0 Å². The van der Waals surface area contributed by atoms with E-state index in [1.165, 1.54) is 44.2 Å². The molecule has 1 aromatic rings. The maximum atomic E-state index is 11.2. The summed E-state index contributed by atoms with van der Waals surface area (Å²) in [6, 6.07) is 11.0. The Morgan fingerprint density at radius 2 is 1.75 bits per heavy atom. The molecule has 0 bridgehead atoms. The van der Waals surface area contributed by atoms with E-state index in [0.29, 0.717) is 5.54 Å². The summed E-state index contributed by atoms with van der Waals surface area (Å²) in [6.07, 6.45) is 11.1. The summed E-state index contributed by atoms with van der Waals surface area (Å²) >= 11 is 0. The minimum atomic E-state index is -1.63. The average Bonchev–Trinajstić information content (AvgIpc) is 2.56. The molecule has 1 fully saturated rings. The van der Waals surface area contributed by atoms with Gasteiger partial charge in [-0.15, -0.1) is 0 Å². The molecule has 0 heterocycles. The number of hydrogen-bond donors (Lipinski definition) is 0. The van der Waals surface area contributed by atoms with Gasteiger partial charge in [0.2, 0.25) is 0 Å². The van der Waals surface area contributed by atoms with Crippen molar-refractivity contribution in [1.82, 2.24) is 0 Å². The molecule has 1 aliphatic carbocycles. The van der Waals surface area contributed by atoms with E-state index in [9.17, 15) is 4.79 Å². The molecule has 0 aliphatic heterocycles. The first-order valence-corrected chi connectivity index (χ1v) is 12.4. The smallest absolute Gasteiger partial charge is 0.303 e. The molecule has 0 aromatic heterocycles. The van der Waals surface area contributed by atoms with Gasteiger partial charge in [-0.25, -0.2) is 0 Å². The monoisotopic (exact) mass is 344 g/mol. The van der Waals surface area contributed by atoms with Gasteiger partial charge in [-0.1, -0.05) is 86.8 Å². The first-order chi connectivity index (χ1) is 11.4. The minimum absolute atomic E-state index is 0.144. The van der Waals surface area contributed by atoms with Crippen molar-refractivity contribution in [1.29, 1.82) is 0 Å². The quantitative estimate of drug-likeness (QED) is 0.409. The van der Waals surface area contributed by atoms with Crippen molar-refractivity contribution < 1.29 is 9.53 Å². The van der Waals surface area contributed by atoms with E-state index >= 15 is 0 Å². The van der Waals surface area contributed by atoms with Gasteiger partial charge >= 0.3 is 5.97 Å². The highest BCUT2D eigenvalue weighted by Crippen LogP contribution is 2.40. The van der Waals surface area contributed by atoms with Crippen LogP contribution in [0, 0.1) is 5.92 Å². The molecule has 2 nitrogen and oxygen atoms in total. The highest BCUT2D eigenvalue weighted by molar-refractivity contribution is 6.91. The van der Waals surface area contributed by atoms with Gasteiger partial charge in [0.05, 0.1) is 8.07 Å². The summed E-state index contributed by atoms with van der Waals surface area (Å²) in [5.74, 6) is 0.558. The number of hydrogen-bond acceptors (Lipinski definition) is 2. The van der Waals surface area contributed by atoms with Crippen LogP contribution in [0.25, 0.3) is 0 Å². The Hall–Kier alpha value is -1.35. The van der Waals surface area contributed by atoms with Crippen LogP contribution in [-0.2, 0) is 9.53 Å². The molecular weight excluding hydrogens is 312 g/mol. The third-order valence-corrected chi connectivity index (χ3v) is 9.60. The van der Waals surface area contributed by atoms with Gasteiger partial charge in [0, 0.05) is 6.92 Å². The Morgan fingerprint density at radius 3 is 2.33 bits per heavy atom. The number of carbonyl (C=O) groups excluding carboxylic acids is 1. The molecule has 1 saturated carbocycles. The van der Waals surface area contributed by atoms with Gasteiger partial charge in [0.25, 0.3) is 0 Å². The average molecular weight is 345 g/mol. The lowest BCUT2D eigenvalue weighted by atomic mass is 9.86. The van der Waals surface area contributed by atoms with Crippen LogP contribution in [-0.4, -0.2) is 20.1 Å².